The van der Waals surface area contributed by atoms with Crippen molar-refractivity contribution in [2.75, 3.05) is 0 Å². The first-order valence-electron chi connectivity index (χ1n) is 11.4. The molecule has 186 valence electrons. The molecule has 0 unspecified atom stereocenters. The van der Waals surface area contributed by atoms with Gasteiger partial charge in [-0.2, -0.15) is 0 Å². The Morgan fingerprint density at radius 3 is 1.76 bits per heavy atom. The predicted octanol–water partition coefficient (Wildman–Crippen LogP) is 6.98. The molecule has 7 nitrogen and oxygen atoms in total. The number of hydrogen-bond acceptors (Lipinski definition) is 6. The highest BCUT2D eigenvalue weighted by molar-refractivity contribution is 6.39. The zero-order chi connectivity index (χ0) is 26.5. The van der Waals surface area contributed by atoms with Crippen LogP contribution < -0.4 is 4.74 Å². The lowest BCUT2D eigenvalue weighted by molar-refractivity contribution is 0.0234. The molecule has 0 radical (unpaired) electrons. The van der Waals surface area contributed by atoms with Gasteiger partial charge in [0.2, 0.25) is 0 Å². The van der Waals surface area contributed by atoms with Gasteiger partial charge in [0, 0.05) is 28.5 Å². The fraction of sp³-hybridized carbons (Fsp3) is 0.0345. The van der Waals surface area contributed by atoms with E-state index in [0.717, 1.165) is 6.07 Å². The highest BCUT2D eigenvalue weighted by atomic mass is 35.5. The van der Waals surface area contributed by atoms with Crippen molar-refractivity contribution in [3.63, 3.8) is 0 Å². The van der Waals surface area contributed by atoms with E-state index in [2.05, 4.69) is 0 Å². The van der Waals surface area contributed by atoms with Crippen LogP contribution in [0.5, 0.6) is 23.0 Å². The maximum Gasteiger partial charge on any atom is 0.341 e. The molecule has 7 rings (SSSR count). The first-order valence-corrected chi connectivity index (χ1v) is 12.2. The molecule has 2 aliphatic rings. The molecule has 3 N–H and O–H groups in total. The van der Waals surface area contributed by atoms with Crippen LogP contribution in [0.4, 0.5) is 0 Å². The lowest BCUT2D eigenvalue weighted by atomic mass is 9.73. The lowest BCUT2D eigenvalue weighted by Gasteiger charge is -2.38. The number of ether oxygens (including phenoxy) is 2. The number of aromatic hydroxyl groups is 2. The Bertz CT molecular complexity index is 1840. The molecular weight excluding hydrogens is 531 g/mol. The molecular formula is C29H14Cl2O7. The summed E-state index contributed by atoms with van der Waals surface area (Å²) in [5.74, 6) is -2.05. The average Bonchev–Trinajstić information content (AvgIpc) is 3.19. The van der Waals surface area contributed by atoms with Crippen LogP contribution in [0.2, 0.25) is 10.0 Å². The van der Waals surface area contributed by atoms with E-state index in [1.807, 2.05) is 0 Å². The minimum absolute atomic E-state index is 0.0477. The highest BCUT2D eigenvalue weighted by Crippen LogP contribution is 2.63. The first kappa shape index (κ1) is 22.7. The second-order valence-electron chi connectivity index (χ2n) is 9.08. The van der Waals surface area contributed by atoms with Gasteiger partial charge in [0.25, 0.3) is 0 Å². The molecule has 2 aliphatic heterocycles. The number of rotatable bonds is 1. The number of phenolic OH excluding ortho intramolecular Hbond substituents is 2. The second kappa shape index (κ2) is 7.54. The number of carboxylic acids is 1. The highest BCUT2D eigenvalue weighted by Gasteiger charge is 2.58. The fourth-order valence-electron chi connectivity index (χ4n) is 5.70. The Labute approximate surface area is 224 Å². The van der Waals surface area contributed by atoms with Crippen LogP contribution in [0.15, 0.2) is 66.7 Å². The van der Waals surface area contributed by atoms with Crippen molar-refractivity contribution in [3.05, 3.63) is 105 Å². The molecule has 0 fully saturated rings. The van der Waals surface area contributed by atoms with Gasteiger partial charge in [-0.3, -0.25) is 0 Å². The normalized spacial score (nSPS) is 14.6. The van der Waals surface area contributed by atoms with Gasteiger partial charge in [-0.25, -0.2) is 9.59 Å². The van der Waals surface area contributed by atoms with Gasteiger partial charge >= 0.3 is 11.9 Å². The molecule has 0 saturated carbocycles. The molecule has 0 aromatic heterocycles. The minimum atomic E-state index is -1.83. The molecule has 5 aromatic carbocycles. The number of carbonyl (C=O) groups is 2. The number of benzene rings is 5. The predicted molar refractivity (Wildman–Crippen MR) is 140 cm³/mol. The van der Waals surface area contributed by atoms with E-state index in [9.17, 15) is 24.9 Å². The molecule has 38 heavy (non-hydrogen) atoms. The van der Waals surface area contributed by atoms with Gasteiger partial charge in [0.05, 0.1) is 32.3 Å². The molecule has 1 spiro atoms. The monoisotopic (exact) mass is 544 g/mol. The maximum absolute atomic E-state index is 13.6. The van der Waals surface area contributed by atoms with E-state index >= 15 is 0 Å². The summed E-state index contributed by atoms with van der Waals surface area (Å²) in [7, 11) is 0. The van der Waals surface area contributed by atoms with E-state index in [1.54, 1.807) is 48.5 Å². The lowest BCUT2D eigenvalue weighted by Crippen LogP contribution is -2.34. The summed E-state index contributed by atoms with van der Waals surface area (Å²) in [6.07, 6.45) is 0. The molecule has 0 atom stereocenters. The van der Waals surface area contributed by atoms with Crippen molar-refractivity contribution in [2.45, 2.75) is 5.60 Å². The second-order valence-corrected chi connectivity index (χ2v) is 9.86. The summed E-state index contributed by atoms with van der Waals surface area (Å²) < 4.78 is 12.5. The van der Waals surface area contributed by atoms with E-state index in [4.69, 9.17) is 32.7 Å². The van der Waals surface area contributed by atoms with Gasteiger partial charge in [-0.05, 0) is 16.8 Å². The third-order valence-corrected chi connectivity index (χ3v) is 7.84. The van der Waals surface area contributed by atoms with Crippen molar-refractivity contribution in [1.82, 2.24) is 0 Å². The maximum atomic E-state index is 13.6. The van der Waals surface area contributed by atoms with E-state index in [-0.39, 0.29) is 49.7 Å². The fourth-order valence-corrected chi connectivity index (χ4v) is 6.34. The Morgan fingerprint density at radius 1 is 0.763 bits per heavy atom. The van der Waals surface area contributed by atoms with Crippen LogP contribution in [-0.2, 0) is 10.3 Å². The van der Waals surface area contributed by atoms with E-state index in [0.29, 0.717) is 32.7 Å². The number of phenols is 2. The molecule has 0 aliphatic carbocycles. The van der Waals surface area contributed by atoms with Gasteiger partial charge in [0.1, 0.15) is 23.0 Å². The van der Waals surface area contributed by atoms with Crippen LogP contribution in [0.25, 0.3) is 21.5 Å². The summed E-state index contributed by atoms with van der Waals surface area (Å²) in [6, 6.07) is 17.7. The van der Waals surface area contributed by atoms with Gasteiger partial charge in [-0.1, -0.05) is 71.7 Å². The summed E-state index contributed by atoms with van der Waals surface area (Å²) in [4.78, 5) is 25.7. The van der Waals surface area contributed by atoms with Crippen molar-refractivity contribution >= 4 is 56.7 Å². The largest absolute Gasteiger partial charge is 0.507 e. The Kier molecular flexibility index (Phi) is 4.50. The van der Waals surface area contributed by atoms with Crippen molar-refractivity contribution < 1.29 is 34.4 Å². The number of aromatic carboxylic acids is 1. The Balaban J connectivity index is 1.78. The molecule has 5 aromatic rings. The van der Waals surface area contributed by atoms with E-state index < -0.39 is 17.5 Å². The zero-order valence-electron chi connectivity index (χ0n) is 19.1. The number of fused-ring (bicyclic) bond motifs is 10. The van der Waals surface area contributed by atoms with Crippen LogP contribution in [0.3, 0.4) is 0 Å². The molecule has 0 bridgehead atoms. The Hall–Kier alpha value is -4.46. The Morgan fingerprint density at radius 2 is 1.26 bits per heavy atom. The van der Waals surface area contributed by atoms with Gasteiger partial charge in [-0.15, -0.1) is 0 Å². The van der Waals surface area contributed by atoms with Gasteiger partial charge < -0.3 is 24.8 Å². The smallest absolute Gasteiger partial charge is 0.341 e. The average molecular weight is 545 g/mol. The van der Waals surface area contributed by atoms with Gasteiger partial charge in [0.15, 0.2) is 5.60 Å². The third kappa shape index (κ3) is 2.69. The van der Waals surface area contributed by atoms with Crippen LogP contribution in [-0.4, -0.2) is 27.3 Å². The molecule has 9 heteroatoms. The molecule has 0 saturated heterocycles. The number of esters is 1. The SMILES string of the molecule is O=C(O)c1cc(Cl)c2c(c1Cl)C1(OC2=O)c2c(cc(O)c3ccccc23)Oc2cc(O)c3ccccc3c21. The van der Waals surface area contributed by atoms with Crippen LogP contribution in [0, 0.1) is 0 Å². The van der Waals surface area contributed by atoms with E-state index in [1.165, 1.54) is 12.1 Å². The number of hydrogen-bond donors (Lipinski definition) is 3. The summed E-state index contributed by atoms with van der Waals surface area (Å²) in [5.41, 5.74) is -1.50. The number of halogens is 2. The summed E-state index contributed by atoms with van der Waals surface area (Å²) >= 11 is 13.3. The third-order valence-electron chi connectivity index (χ3n) is 7.15. The zero-order valence-corrected chi connectivity index (χ0v) is 20.6. The summed E-state index contributed by atoms with van der Waals surface area (Å²) in [6.45, 7) is 0. The quantitative estimate of drug-likeness (QED) is 0.195. The van der Waals surface area contributed by atoms with Crippen molar-refractivity contribution in [3.8, 4) is 23.0 Å². The van der Waals surface area contributed by atoms with Crippen molar-refractivity contribution in [1.29, 1.82) is 0 Å². The first-order chi connectivity index (χ1) is 18.2. The standard InChI is InChI=1S/C29H14Cl2O7/c30-17-9-16(27(34)35)26(31)25-22(17)28(36)38-29(25)23-14-7-3-1-5-12(14)18(32)10-20(23)37-21-11-19(33)13-6-2-4-8-15(13)24(21)29/h1-11,32-33H,(H,34,35). The van der Waals surface area contributed by atoms with Crippen LogP contribution >= 0.6 is 23.2 Å². The topological polar surface area (TPSA) is 113 Å². The number of carbonyl (C=O) groups excluding carboxylic acids is 1. The van der Waals surface area contributed by atoms with Crippen molar-refractivity contribution in [2.24, 2.45) is 0 Å². The number of carboxylic acid groups (broad SMARTS) is 1. The molecule has 0 amide bonds. The summed E-state index contributed by atoms with van der Waals surface area (Å²) in [5, 5.41) is 33.1. The molecule has 2 heterocycles. The van der Waals surface area contributed by atoms with Crippen LogP contribution in [0.1, 0.15) is 37.4 Å². The minimum Gasteiger partial charge on any atom is -0.507 e.